The lowest BCUT2D eigenvalue weighted by Crippen LogP contribution is -2.48. The maximum absolute atomic E-state index is 12.8. The number of aromatic nitrogens is 1. The van der Waals surface area contributed by atoms with Gasteiger partial charge in [-0.15, -0.1) is 0 Å². The number of hydrogen-bond donors (Lipinski definition) is 3. The molecule has 2 amide bonds. The molecule has 1 aliphatic carbocycles. The zero-order chi connectivity index (χ0) is 18.6. The SMILES string of the molecule is O=C(N[C@H](Cc1c[nH]c2ccccc12)C(=O)NCc1ccccc1)C1CC1. The number of rotatable bonds is 7. The number of para-hydroxylation sites is 1. The van der Waals surface area contributed by atoms with Gasteiger partial charge in [0.05, 0.1) is 0 Å². The van der Waals surface area contributed by atoms with E-state index >= 15 is 0 Å². The van der Waals surface area contributed by atoms with Crippen LogP contribution in [0.1, 0.15) is 24.0 Å². The van der Waals surface area contributed by atoms with Gasteiger partial charge in [0.25, 0.3) is 0 Å². The summed E-state index contributed by atoms with van der Waals surface area (Å²) in [7, 11) is 0. The van der Waals surface area contributed by atoms with Gasteiger partial charge >= 0.3 is 0 Å². The highest BCUT2D eigenvalue weighted by Gasteiger charge is 2.32. The molecule has 0 spiro atoms. The minimum Gasteiger partial charge on any atom is -0.361 e. The molecule has 1 saturated carbocycles. The lowest BCUT2D eigenvalue weighted by Gasteiger charge is -2.18. The quantitative estimate of drug-likeness (QED) is 0.605. The van der Waals surface area contributed by atoms with Crippen LogP contribution in [0.25, 0.3) is 10.9 Å². The van der Waals surface area contributed by atoms with Crippen molar-refractivity contribution in [2.45, 2.75) is 31.8 Å². The lowest BCUT2D eigenvalue weighted by atomic mass is 10.0. The summed E-state index contributed by atoms with van der Waals surface area (Å²) in [5, 5.41) is 7.00. The van der Waals surface area contributed by atoms with Crippen LogP contribution in [0.15, 0.2) is 60.8 Å². The molecule has 138 valence electrons. The molecular weight excluding hydrogens is 338 g/mol. The van der Waals surface area contributed by atoms with Gasteiger partial charge in [0.1, 0.15) is 6.04 Å². The van der Waals surface area contributed by atoms with Crippen molar-refractivity contribution in [2.75, 3.05) is 0 Å². The Bertz CT molecular complexity index is 944. The fourth-order valence-electron chi connectivity index (χ4n) is 3.27. The first-order valence-electron chi connectivity index (χ1n) is 9.38. The van der Waals surface area contributed by atoms with Crippen LogP contribution in [0.2, 0.25) is 0 Å². The molecule has 1 aromatic heterocycles. The highest BCUT2D eigenvalue weighted by molar-refractivity contribution is 5.90. The average Bonchev–Trinajstić information content (AvgIpc) is 3.48. The van der Waals surface area contributed by atoms with Crippen molar-refractivity contribution in [3.63, 3.8) is 0 Å². The smallest absolute Gasteiger partial charge is 0.243 e. The van der Waals surface area contributed by atoms with Crippen LogP contribution >= 0.6 is 0 Å². The summed E-state index contributed by atoms with van der Waals surface area (Å²) >= 11 is 0. The molecule has 0 aliphatic heterocycles. The molecule has 3 aromatic rings. The van der Waals surface area contributed by atoms with E-state index in [1.807, 2.05) is 60.8 Å². The van der Waals surface area contributed by atoms with Gasteiger partial charge in [-0.1, -0.05) is 48.5 Å². The van der Waals surface area contributed by atoms with E-state index in [0.29, 0.717) is 13.0 Å². The highest BCUT2D eigenvalue weighted by atomic mass is 16.2. The third-order valence-electron chi connectivity index (χ3n) is 4.99. The predicted octanol–water partition coefficient (Wildman–Crippen LogP) is 2.92. The summed E-state index contributed by atoms with van der Waals surface area (Å²) in [4.78, 5) is 28.3. The zero-order valence-corrected chi connectivity index (χ0v) is 15.1. The summed E-state index contributed by atoms with van der Waals surface area (Å²) < 4.78 is 0. The zero-order valence-electron chi connectivity index (χ0n) is 15.1. The Hall–Kier alpha value is -3.08. The van der Waals surface area contributed by atoms with Gasteiger partial charge in [0, 0.05) is 36.0 Å². The van der Waals surface area contributed by atoms with Crippen molar-refractivity contribution in [3.05, 3.63) is 71.9 Å². The summed E-state index contributed by atoms with van der Waals surface area (Å²) in [6, 6.07) is 17.2. The van der Waals surface area contributed by atoms with Crippen LogP contribution in [0.5, 0.6) is 0 Å². The molecule has 4 rings (SSSR count). The van der Waals surface area contributed by atoms with Crippen molar-refractivity contribution in [3.8, 4) is 0 Å². The number of carbonyl (C=O) groups is 2. The van der Waals surface area contributed by atoms with E-state index in [1.54, 1.807) is 0 Å². The molecule has 5 nitrogen and oxygen atoms in total. The van der Waals surface area contributed by atoms with Gasteiger partial charge in [0.2, 0.25) is 11.8 Å². The largest absolute Gasteiger partial charge is 0.361 e. The maximum Gasteiger partial charge on any atom is 0.243 e. The van der Waals surface area contributed by atoms with Crippen LogP contribution < -0.4 is 10.6 Å². The van der Waals surface area contributed by atoms with Crippen molar-refractivity contribution < 1.29 is 9.59 Å². The molecule has 1 aliphatic rings. The van der Waals surface area contributed by atoms with Crippen LogP contribution in [-0.2, 0) is 22.6 Å². The first-order valence-corrected chi connectivity index (χ1v) is 9.38. The summed E-state index contributed by atoms with van der Waals surface area (Å²) in [5.74, 6) is -0.106. The molecule has 3 N–H and O–H groups in total. The minimum atomic E-state index is -0.582. The molecule has 0 unspecified atom stereocenters. The molecule has 5 heteroatoms. The number of hydrogen-bond acceptors (Lipinski definition) is 2. The van der Waals surface area contributed by atoms with Crippen molar-refractivity contribution in [1.29, 1.82) is 0 Å². The lowest BCUT2D eigenvalue weighted by molar-refractivity contribution is -0.129. The normalized spacial score (nSPS) is 14.7. The Morgan fingerprint density at radius 1 is 1.04 bits per heavy atom. The van der Waals surface area contributed by atoms with Gasteiger partial charge < -0.3 is 15.6 Å². The number of aromatic amines is 1. The number of amides is 2. The molecule has 1 atom stereocenters. The summed E-state index contributed by atoms with van der Waals surface area (Å²) in [6.45, 7) is 0.448. The fraction of sp³-hybridized carbons (Fsp3) is 0.273. The molecule has 27 heavy (non-hydrogen) atoms. The molecule has 0 radical (unpaired) electrons. The van der Waals surface area contributed by atoms with E-state index in [0.717, 1.165) is 34.9 Å². The van der Waals surface area contributed by atoms with Gasteiger partial charge in [0.15, 0.2) is 0 Å². The monoisotopic (exact) mass is 361 g/mol. The predicted molar refractivity (Wildman–Crippen MR) is 105 cm³/mol. The standard InChI is InChI=1S/C22H23N3O2/c26-21(16-10-11-16)25-20(22(27)24-13-15-6-2-1-3-7-15)12-17-14-23-19-9-5-4-8-18(17)19/h1-9,14,16,20,23H,10-13H2,(H,24,27)(H,25,26)/t20-/m1/s1. The first kappa shape index (κ1) is 17.3. The van der Waals surface area contributed by atoms with Crippen molar-refractivity contribution >= 4 is 22.7 Å². The van der Waals surface area contributed by atoms with Crippen LogP contribution in [-0.4, -0.2) is 22.8 Å². The van der Waals surface area contributed by atoms with Crippen LogP contribution in [0, 0.1) is 5.92 Å². The Balaban J connectivity index is 1.49. The Labute approximate surface area is 158 Å². The Morgan fingerprint density at radius 3 is 2.56 bits per heavy atom. The molecule has 0 saturated heterocycles. The minimum absolute atomic E-state index is 0.0188. The first-order chi connectivity index (χ1) is 13.2. The molecule has 0 bridgehead atoms. The van der Waals surface area contributed by atoms with Crippen molar-refractivity contribution in [2.24, 2.45) is 5.92 Å². The second-order valence-corrected chi connectivity index (χ2v) is 7.10. The number of benzene rings is 2. The van der Waals surface area contributed by atoms with E-state index in [4.69, 9.17) is 0 Å². The number of H-pyrrole nitrogens is 1. The van der Waals surface area contributed by atoms with E-state index in [-0.39, 0.29) is 17.7 Å². The Morgan fingerprint density at radius 2 is 1.78 bits per heavy atom. The van der Waals surface area contributed by atoms with Gasteiger partial charge in [-0.2, -0.15) is 0 Å². The fourth-order valence-corrected chi connectivity index (χ4v) is 3.27. The van der Waals surface area contributed by atoms with Crippen molar-refractivity contribution in [1.82, 2.24) is 15.6 Å². The van der Waals surface area contributed by atoms with E-state index in [1.165, 1.54) is 0 Å². The van der Waals surface area contributed by atoms with Gasteiger partial charge in [-0.25, -0.2) is 0 Å². The maximum atomic E-state index is 12.8. The second-order valence-electron chi connectivity index (χ2n) is 7.10. The molecule has 1 fully saturated rings. The third kappa shape index (κ3) is 4.19. The molecule has 2 aromatic carbocycles. The van der Waals surface area contributed by atoms with Crippen LogP contribution in [0.3, 0.4) is 0 Å². The van der Waals surface area contributed by atoms with E-state index < -0.39 is 6.04 Å². The second kappa shape index (κ2) is 7.66. The summed E-state index contributed by atoms with van der Waals surface area (Å²) in [6.07, 6.45) is 4.21. The topological polar surface area (TPSA) is 74.0 Å². The van der Waals surface area contributed by atoms with Crippen LogP contribution in [0.4, 0.5) is 0 Å². The van der Waals surface area contributed by atoms with E-state index in [9.17, 15) is 9.59 Å². The third-order valence-corrected chi connectivity index (χ3v) is 4.99. The highest BCUT2D eigenvalue weighted by Crippen LogP contribution is 2.29. The average molecular weight is 361 g/mol. The number of carbonyl (C=O) groups excluding carboxylic acids is 2. The molecular formula is C22H23N3O2. The number of fused-ring (bicyclic) bond motifs is 1. The Kier molecular flexibility index (Phi) is 4.92. The summed E-state index contributed by atoms with van der Waals surface area (Å²) in [5.41, 5.74) is 3.09. The van der Waals surface area contributed by atoms with E-state index in [2.05, 4.69) is 15.6 Å². The van der Waals surface area contributed by atoms with Gasteiger partial charge in [-0.05, 0) is 30.0 Å². The number of nitrogens with one attached hydrogen (secondary N) is 3. The molecule has 1 heterocycles. The van der Waals surface area contributed by atoms with Gasteiger partial charge in [-0.3, -0.25) is 9.59 Å².